The highest BCUT2D eigenvalue weighted by Crippen LogP contribution is 2.26. The van der Waals surface area contributed by atoms with Crippen molar-refractivity contribution in [3.63, 3.8) is 0 Å². The molecule has 0 unspecified atom stereocenters. The van der Waals surface area contributed by atoms with E-state index in [0.29, 0.717) is 5.56 Å². The number of rotatable bonds is 1. The van der Waals surface area contributed by atoms with Crippen molar-refractivity contribution in [1.82, 2.24) is 4.90 Å². The lowest BCUT2D eigenvalue weighted by Gasteiger charge is -2.27. The maximum absolute atomic E-state index is 12.1. The number of anilines is 1. The Kier molecular flexibility index (Phi) is 2.99. The molecule has 0 aliphatic carbocycles. The zero-order valence-corrected chi connectivity index (χ0v) is 9.15. The first-order valence-corrected chi connectivity index (χ1v) is 5.57. The zero-order valence-electron chi connectivity index (χ0n) is 9.15. The van der Waals surface area contributed by atoms with Gasteiger partial charge in [-0.25, -0.2) is 0 Å². The highest BCUT2D eigenvalue weighted by atomic mass is 16.3. The van der Waals surface area contributed by atoms with Gasteiger partial charge in [0.05, 0.1) is 11.3 Å². The predicted octanol–water partition coefficient (Wildman–Crippen LogP) is 1.60. The minimum absolute atomic E-state index is 0.0990. The van der Waals surface area contributed by atoms with E-state index in [-0.39, 0.29) is 17.3 Å². The lowest BCUT2D eigenvalue weighted by atomic mass is 10.1. The summed E-state index contributed by atoms with van der Waals surface area (Å²) in [7, 11) is 0. The van der Waals surface area contributed by atoms with Crippen molar-refractivity contribution in [3.8, 4) is 5.75 Å². The Hall–Kier alpha value is -1.71. The number of likely N-dealkylation sites (tertiary alicyclic amines) is 1. The number of carbonyl (C=O) groups excluding carboxylic acids is 1. The summed E-state index contributed by atoms with van der Waals surface area (Å²) in [5.41, 5.74) is 6.13. The van der Waals surface area contributed by atoms with Gasteiger partial charge in [0, 0.05) is 13.1 Å². The molecule has 0 aromatic heterocycles. The molecule has 1 amide bonds. The Bertz CT molecular complexity index is 398. The van der Waals surface area contributed by atoms with Crippen LogP contribution in [-0.2, 0) is 0 Å². The molecule has 0 atom stereocenters. The van der Waals surface area contributed by atoms with Crippen LogP contribution in [0, 0.1) is 0 Å². The summed E-state index contributed by atoms with van der Waals surface area (Å²) in [4.78, 5) is 13.9. The molecule has 1 aromatic carbocycles. The fourth-order valence-electron chi connectivity index (χ4n) is 2.00. The Morgan fingerprint density at radius 1 is 1.25 bits per heavy atom. The topological polar surface area (TPSA) is 66.6 Å². The molecule has 1 saturated heterocycles. The quantitative estimate of drug-likeness (QED) is 0.558. The third kappa shape index (κ3) is 1.96. The van der Waals surface area contributed by atoms with Gasteiger partial charge in [0.2, 0.25) is 0 Å². The minimum atomic E-state index is -0.121. The number of carbonyl (C=O) groups is 1. The molecule has 0 radical (unpaired) electrons. The van der Waals surface area contributed by atoms with Gasteiger partial charge in [-0.1, -0.05) is 6.07 Å². The smallest absolute Gasteiger partial charge is 0.257 e. The standard InChI is InChI=1S/C12H16N2O2/c13-10-6-4-5-9(11(10)15)12(16)14-7-2-1-3-8-14/h4-6,15H,1-3,7-8,13H2. The van der Waals surface area contributed by atoms with Crippen LogP contribution in [0.1, 0.15) is 29.6 Å². The Morgan fingerprint density at radius 2 is 1.94 bits per heavy atom. The molecule has 0 saturated carbocycles. The van der Waals surface area contributed by atoms with Crippen molar-refractivity contribution in [2.75, 3.05) is 18.8 Å². The molecular weight excluding hydrogens is 204 g/mol. The number of amides is 1. The molecule has 1 aliphatic heterocycles. The molecule has 1 fully saturated rings. The molecule has 0 spiro atoms. The van der Waals surface area contributed by atoms with E-state index in [2.05, 4.69) is 0 Å². The second-order valence-corrected chi connectivity index (χ2v) is 4.10. The predicted molar refractivity (Wildman–Crippen MR) is 62.3 cm³/mol. The summed E-state index contributed by atoms with van der Waals surface area (Å²) in [6.07, 6.45) is 3.25. The van der Waals surface area contributed by atoms with E-state index in [4.69, 9.17) is 5.73 Å². The third-order valence-corrected chi connectivity index (χ3v) is 2.94. The van der Waals surface area contributed by atoms with Gasteiger partial charge in [0.15, 0.2) is 5.75 Å². The fourth-order valence-corrected chi connectivity index (χ4v) is 2.00. The molecule has 0 bridgehead atoms. The third-order valence-electron chi connectivity index (χ3n) is 2.94. The summed E-state index contributed by atoms with van der Waals surface area (Å²) < 4.78 is 0. The summed E-state index contributed by atoms with van der Waals surface area (Å²) in [5.74, 6) is -0.220. The fraction of sp³-hybridized carbons (Fsp3) is 0.417. The number of para-hydroxylation sites is 1. The SMILES string of the molecule is Nc1cccc(C(=O)N2CCCCC2)c1O. The van der Waals surface area contributed by atoms with E-state index in [1.54, 1.807) is 23.1 Å². The second kappa shape index (κ2) is 4.43. The maximum atomic E-state index is 12.1. The molecule has 2 rings (SSSR count). The van der Waals surface area contributed by atoms with E-state index in [1.807, 2.05) is 0 Å². The van der Waals surface area contributed by atoms with E-state index < -0.39 is 0 Å². The second-order valence-electron chi connectivity index (χ2n) is 4.10. The molecule has 1 heterocycles. The van der Waals surface area contributed by atoms with Gasteiger partial charge in [0.25, 0.3) is 5.91 Å². The van der Waals surface area contributed by atoms with Gasteiger partial charge in [0.1, 0.15) is 0 Å². The van der Waals surface area contributed by atoms with E-state index in [1.165, 1.54) is 6.42 Å². The van der Waals surface area contributed by atoms with Gasteiger partial charge in [-0.15, -0.1) is 0 Å². The molecule has 1 aliphatic rings. The number of nitrogen functional groups attached to an aromatic ring is 1. The van der Waals surface area contributed by atoms with Gasteiger partial charge < -0.3 is 15.7 Å². The summed E-state index contributed by atoms with van der Waals surface area (Å²) in [6, 6.07) is 4.89. The van der Waals surface area contributed by atoms with E-state index in [9.17, 15) is 9.90 Å². The molecule has 86 valence electrons. The average Bonchev–Trinajstić information content (AvgIpc) is 2.33. The molecule has 4 nitrogen and oxygen atoms in total. The molecule has 3 N–H and O–H groups in total. The highest BCUT2D eigenvalue weighted by Gasteiger charge is 2.21. The first-order chi connectivity index (χ1) is 7.70. The first-order valence-electron chi connectivity index (χ1n) is 5.57. The Labute approximate surface area is 94.7 Å². The van der Waals surface area contributed by atoms with Crippen LogP contribution in [0.25, 0.3) is 0 Å². The number of hydrogen-bond donors (Lipinski definition) is 2. The van der Waals surface area contributed by atoms with Gasteiger partial charge in [-0.05, 0) is 31.4 Å². The molecule has 16 heavy (non-hydrogen) atoms. The number of phenolic OH excluding ortho intramolecular Hbond substituents is 1. The first kappa shape index (κ1) is 10.8. The number of nitrogens with zero attached hydrogens (tertiary/aromatic N) is 1. The summed E-state index contributed by atoms with van der Waals surface area (Å²) in [6.45, 7) is 1.54. The van der Waals surface area contributed by atoms with Gasteiger partial charge >= 0.3 is 0 Å². The number of piperidine rings is 1. The summed E-state index contributed by atoms with van der Waals surface area (Å²) >= 11 is 0. The van der Waals surface area contributed by atoms with E-state index >= 15 is 0 Å². The van der Waals surface area contributed by atoms with Gasteiger partial charge in [-0.2, -0.15) is 0 Å². The van der Waals surface area contributed by atoms with E-state index in [0.717, 1.165) is 25.9 Å². The van der Waals surface area contributed by atoms with Crippen molar-refractivity contribution in [1.29, 1.82) is 0 Å². The Balaban J connectivity index is 2.22. The van der Waals surface area contributed by atoms with Crippen LogP contribution >= 0.6 is 0 Å². The van der Waals surface area contributed by atoms with Crippen molar-refractivity contribution >= 4 is 11.6 Å². The zero-order chi connectivity index (χ0) is 11.5. The monoisotopic (exact) mass is 220 g/mol. The van der Waals surface area contributed by atoms with Crippen LogP contribution < -0.4 is 5.73 Å². The molecule has 1 aromatic rings. The normalized spacial score (nSPS) is 16.1. The van der Waals surface area contributed by atoms with Crippen molar-refractivity contribution < 1.29 is 9.90 Å². The summed E-state index contributed by atoms with van der Waals surface area (Å²) in [5, 5.41) is 9.73. The number of phenols is 1. The maximum Gasteiger partial charge on any atom is 0.257 e. The minimum Gasteiger partial charge on any atom is -0.505 e. The number of aromatic hydroxyl groups is 1. The number of nitrogens with two attached hydrogens (primary N) is 1. The average molecular weight is 220 g/mol. The molecular formula is C12H16N2O2. The number of hydrogen-bond acceptors (Lipinski definition) is 3. The number of benzene rings is 1. The van der Waals surface area contributed by atoms with Gasteiger partial charge in [-0.3, -0.25) is 4.79 Å². The van der Waals surface area contributed by atoms with Crippen LogP contribution in [0.15, 0.2) is 18.2 Å². The van der Waals surface area contributed by atoms with Crippen LogP contribution in [0.4, 0.5) is 5.69 Å². The lowest BCUT2D eigenvalue weighted by Crippen LogP contribution is -2.35. The van der Waals surface area contributed by atoms with Crippen LogP contribution in [-0.4, -0.2) is 29.0 Å². The van der Waals surface area contributed by atoms with Crippen LogP contribution in [0.2, 0.25) is 0 Å². The van der Waals surface area contributed by atoms with Crippen molar-refractivity contribution in [3.05, 3.63) is 23.8 Å². The largest absolute Gasteiger partial charge is 0.505 e. The van der Waals surface area contributed by atoms with Crippen LogP contribution in [0.3, 0.4) is 0 Å². The Morgan fingerprint density at radius 3 is 2.62 bits per heavy atom. The molecule has 4 heteroatoms. The lowest BCUT2D eigenvalue weighted by molar-refractivity contribution is 0.0721. The highest BCUT2D eigenvalue weighted by molar-refractivity contribution is 5.98. The van der Waals surface area contributed by atoms with Crippen molar-refractivity contribution in [2.45, 2.75) is 19.3 Å². The van der Waals surface area contributed by atoms with Crippen molar-refractivity contribution in [2.24, 2.45) is 0 Å². The van der Waals surface area contributed by atoms with Crippen LogP contribution in [0.5, 0.6) is 5.75 Å².